The van der Waals surface area contributed by atoms with E-state index in [0.29, 0.717) is 5.70 Å². The molecule has 4 heteroatoms. The van der Waals surface area contributed by atoms with E-state index in [4.69, 9.17) is 11.1 Å². The van der Waals surface area contributed by atoms with Gasteiger partial charge in [-0.15, -0.1) is 0 Å². The third-order valence-electron chi connectivity index (χ3n) is 2.17. The second-order valence-corrected chi connectivity index (χ2v) is 3.26. The average Bonchev–Trinajstić information content (AvgIpc) is 2.30. The molecule has 1 aromatic rings. The van der Waals surface area contributed by atoms with E-state index in [0.717, 1.165) is 5.69 Å². The molecule has 0 spiro atoms. The number of nitrogens with zero attached hydrogens (tertiary/aromatic N) is 1. The Morgan fingerprint density at radius 1 is 1.47 bits per heavy atom. The average molecular weight is 200 g/mol. The molecule has 1 aromatic heterocycles. The molecule has 1 atom stereocenters. The highest BCUT2D eigenvalue weighted by atomic mass is 15.0. The molecule has 76 valence electrons. The summed E-state index contributed by atoms with van der Waals surface area (Å²) in [7, 11) is 0. The van der Waals surface area contributed by atoms with Crippen molar-refractivity contribution < 1.29 is 0 Å². The second-order valence-electron chi connectivity index (χ2n) is 3.26. The van der Waals surface area contributed by atoms with Crippen LogP contribution >= 0.6 is 0 Å². The number of nitrogens with one attached hydrogen (secondary N) is 2. The van der Waals surface area contributed by atoms with Crippen molar-refractivity contribution in [3.63, 3.8) is 0 Å². The molecular weight excluding hydrogens is 188 g/mol. The number of amidine groups is 1. The molecule has 0 bridgehead atoms. The molecule has 1 unspecified atom stereocenters. The number of aromatic nitrogens is 1. The second kappa shape index (κ2) is 3.96. The molecule has 15 heavy (non-hydrogen) atoms. The molecule has 0 saturated carbocycles. The normalized spacial score (nSPS) is 19.2. The van der Waals surface area contributed by atoms with Crippen LogP contribution in [0, 0.1) is 5.41 Å². The minimum absolute atomic E-state index is 0.00454. The number of hydrogen-bond donors (Lipinski definition) is 3. The minimum Gasteiger partial charge on any atom is -0.382 e. The van der Waals surface area contributed by atoms with Gasteiger partial charge in [0.15, 0.2) is 0 Å². The van der Waals surface area contributed by atoms with E-state index >= 15 is 0 Å². The molecule has 1 aliphatic rings. The first-order valence-electron chi connectivity index (χ1n) is 4.68. The third kappa shape index (κ3) is 2.04. The molecular formula is C11H12N4. The SMILES string of the molecule is N=C(N)C1=CC=CC(c2ccccn2)N1. The maximum Gasteiger partial charge on any atom is 0.139 e. The first-order valence-corrected chi connectivity index (χ1v) is 4.68. The molecule has 4 N–H and O–H groups in total. The third-order valence-corrected chi connectivity index (χ3v) is 2.17. The lowest BCUT2D eigenvalue weighted by Gasteiger charge is -2.20. The van der Waals surface area contributed by atoms with E-state index in [9.17, 15) is 0 Å². The van der Waals surface area contributed by atoms with Gasteiger partial charge >= 0.3 is 0 Å². The van der Waals surface area contributed by atoms with Crippen molar-refractivity contribution in [3.8, 4) is 0 Å². The summed E-state index contributed by atoms with van der Waals surface area (Å²) < 4.78 is 0. The summed E-state index contributed by atoms with van der Waals surface area (Å²) in [5.41, 5.74) is 6.96. The fourth-order valence-electron chi connectivity index (χ4n) is 1.43. The highest BCUT2D eigenvalue weighted by molar-refractivity contribution is 5.94. The van der Waals surface area contributed by atoms with Gasteiger partial charge in [0.1, 0.15) is 5.84 Å². The van der Waals surface area contributed by atoms with Crippen molar-refractivity contribution in [2.45, 2.75) is 6.04 Å². The van der Waals surface area contributed by atoms with Gasteiger partial charge in [-0.3, -0.25) is 10.4 Å². The van der Waals surface area contributed by atoms with Crippen LogP contribution in [0.25, 0.3) is 0 Å². The maximum absolute atomic E-state index is 7.33. The van der Waals surface area contributed by atoms with Crippen LogP contribution in [0.4, 0.5) is 0 Å². The van der Waals surface area contributed by atoms with Crippen molar-refractivity contribution in [3.05, 3.63) is 54.0 Å². The Kier molecular flexibility index (Phi) is 2.49. The van der Waals surface area contributed by atoms with Gasteiger partial charge < -0.3 is 11.1 Å². The van der Waals surface area contributed by atoms with E-state index in [1.807, 2.05) is 30.4 Å². The number of nitrogens with two attached hydrogens (primary N) is 1. The number of hydrogen-bond acceptors (Lipinski definition) is 3. The number of allylic oxidation sites excluding steroid dienone is 2. The zero-order chi connectivity index (χ0) is 10.7. The van der Waals surface area contributed by atoms with Crippen LogP contribution < -0.4 is 11.1 Å². The number of pyridine rings is 1. The Bertz CT molecular complexity index is 419. The standard InChI is InChI=1S/C11H12N4/c12-11(13)10-6-3-5-9(15-10)8-4-1-2-7-14-8/h1-7,9,15H,(H3,12,13). The summed E-state index contributed by atoms with van der Waals surface area (Å²) in [6.07, 6.45) is 7.39. The van der Waals surface area contributed by atoms with Crippen LogP contribution in [0.1, 0.15) is 11.7 Å². The lowest BCUT2D eigenvalue weighted by atomic mass is 10.1. The summed E-state index contributed by atoms with van der Waals surface area (Å²) in [5.74, 6) is 0.0419. The largest absolute Gasteiger partial charge is 0.382 e. The molecule has 2 rings (SSSR count). The van der Waals surface area contributed by atoms with Crippen molar-refractivity contribution in [1.29, 1.82) is 5.41 Å². The van der Waals surface area contributed by atoms with E-state index in [2.05, 4.69) is 10.3 Å². The molecule has 0 saturated heterocycles. The number of rotatable bonds is 2. The highest BCUT2D eigenvalue weighted by Crippen LogP contribution is 2.16. The Morgan fingerprint density at radius 2 is 2.33 bits per heavy atom. The summed E-state index contributed by atoms with van der Waals surface area (Å²) in [5, 5.41) is 10.5. The van der Waals surface area contributed by atoms with Crippen LogP contribution in [-0.2, 0) is 0 Å². The fourth-order valence-corrected chi connectivity index (χ4v) is 1.43. The summed E-state index contributed by atoms with van der Waals surface area (Å²) in [6.45, 7) is 0. The van der Waals surface area contributed by atoms with Crippen LogP contribution in [0.15, 0.2) is 48.3 Å². The maximum atomic E-state index is 7.33. The molecule has 4 nitrogen and oxygen atoms in total. The fraction of sp³-hybridized carbons (Fsp3) is 0.0909. The van der Waals surface area contributed by atoms with Gasteiger partial charge in [-0.2, -0.15) is 0 Å². The molecule has 0 fully saturated rings. The van der Waals surface area contributed by atoms with Crippen molar-refractivity contribution in [2.24, 2.45) is 5.73 Å². The van der Waals surface area contributed by atoms with Gasteiger partial charge in [0.25, 0.3) is 0 Å². The van der Waals surface area contributed by atoms with Gasteiger partial charge in [-0.25, -0.2) is 0 Å². The van der Waals surface area contributed by atoms with Crippen LogP contribution in [-0.4, -0.2) is 10.8 Å². The van der Waals surface area contributed by atoms with Crippen molar-refractivity contribution >= 4 is 5.84 Å². The van der Waals surface area contributed by atoms with Crippen molar-refractivity contribution in [2.75, 3.05) is 0 Å². The van der Waals surface area contributed by atoms with Crippen LogP contribution in [0.2, 0.25) is 0 Å². The van der Waals surface area contributed by atoms with Gasteiger partial charge in [0, 0.05) is 6.20 Å². The topological polar surface area (TPSA) is 74.8 Å². The Balaban J connectivity index is 2.19. The predicted molar refractivity (Wildman–Crippen MR) is 59.3 cm³/mol. The van der Waals surface area contributed by atoms with E-state index < -0.39 is 0 Å². The predicted octanol–water partition coefficient (Wildman–Crippen LogP) is 1.10. The summed E-state index contributed by atoms with van der Waals surface area (Å²) >= 11 is 0. The van der Waals surface area contributed by atoms with Gasteiger partial charge in [0.2, 0.25) is 0 Å². The zero-order valence-electron chi connectivity index (χ0n) is 8.14. The minimum atomic E-state index is -0.00454. The van der Waals surface area contributed by atoms with E-state index in [-0.39, 0.29) is 11.9 Å². The zero-order valence-corrected chi connectivity index (χ0v) is 8.14. The molecule has 0 amide bonds. The van der Waals surface area contributed by atoms with Gasteiger partial charge in [-0.05, 0) is 18.2 Å². The molecule has 1 aliphatic heterocycles. The van der Waals surface area contributed by atoms with Crippen LogP contribution in [0.5, 0.6) is 0 Å². The van der Waals surface area contributed by atoms with E-state index in [1.54, 1.807) is 12.3 Å². The molecule has 0 aliphatic carbocycles. The number of dihydropyridines is 1. The van der Waals surface area contributed by atoms with E-state index in [1.165, 1.54) is 0 Å². The Hall–Kier alpha value is -2.10. The summed E-state index contributed by atoms with van der Waals surface area (Å²) in [4.78, 5) is 4.24. The molecule has 0 radical (unpaired) electrons. The first-order chi connectivity index (χ1) is 7.27. The van der Waals surface area contributed by atoms with Crippen molar-refractivity contribution in [1.82, 2.24) is 10.3 Å². The lowest BCUT2D eigenvalue weighted by molar-refractivity contribution is 0.702. The highest BCUT2D eigenvalue weighted by Gasteiger charge is 2.13. The first kappa shape index (κ1) is 9.45. The molecule has 0 aromatic carbocycles. The quantitative estimate of drug-likeness (QED) is 0.494. The monoisotopic (exact) mass is 200 g/mol. The van der Waals surface area contributed by atoms with Gasteiger partial charge in [-0.1, -0.05) is 18.2 Å². The smallest absolute Gasteiger partial charge is 0.139 e. The van der Waals surface area contributed by atoms with Crippen LogP contribution in [0.3, 0.4) is 0 Å². The Morgan fingerprint density at radius 3 is 3.00 bits per heavy atom. The Labute approximate surface area is 88.0 Å². The lowest BCUT2D eigenvalue weighted by Crippen LogP contribution is -2.30. The molecule has 2 heterocycles. The van der Waals surface area contributed by atoms with Gasteiger partial charge in [0.05, 0.1) is 17.4 Å². The summed E-state index contributed by atoms with van der Waals surface area (Å²) in [6, 6.07) is 5.74.